The van der Waals surface area contributed by atoms with E-state index < -0.39 is 0 Å². The number of hydrogen-bond donors (Lipinski definition) is 0. The first kappa shape index (κ1) is 22.6. The zero-order chi connectivity index (χ0) is 24.4. The monoisotopic (exact) mass is 484 g/mol. The molecule has 3 aromatic heterocycles. The smallest absolute Gasteiger partial charge is 0.246 e. The number of hydrogen-bond acceptors (Lipinski definition) is 6. The second-order valence-electron chi connectivity index (χ2n) is 8.18. The van der Waals surface area contributed by atoms with Gasteiger partial charge in [0.15, 0.2) is 11.4 Å². The molecule has 0 aliphatic carbocycles. The normalized spacial score (nSPS) is 15.5. The maximum Gasteiger partial charge on any atom is 0.246 e. The van der Waals surface area contributed by atoms with Crippen LogP contribution in [0.4, 0.5) is 0 Å². The molecular weight excluding hydrogens is 464 g/mol. The SMILES string of the molecule is C=CC(=O)N1CCCC(n2nc(-c3ccc(Oc4cccnc4C#N)cc3)c3cncc(Cl)c32)C1. The summed E-state index contributed by atoms with van der Waals surface area (Å²) >= 11 is 6.58. The van der Waals surface area contributed by atoms with Gasteiger partial charge in [-0.2, -0.15) is 10.4 Å². The Morgan fingerprint density at radius 3 is 2.86 bits per heavy atom. The first-order valence-corrected chi connectivity index (χ1v) is 11.5. The lowest BCUT2D eigenvalue weighted by molar-refractivity contribution is -0.127. The second kappa shape index (κ2) is 9.57. The highest BCUT2D eigenvalue weighted by Crippen LogP contribution is 2.36. The molecule has 0 radical (unpaired) electrons. The fourth-order valence-electron chi connectivity index (χ4n) is 4.37. The highest BCUT2D eigenvalue weighted by Gasteiger charge is 2.27. The molecule has 0 N–H and O–H groups in total. The molecule has 1 unspecified atom stereocenters. The second-order valence-corrected chi connectivity index (χ2v) is 8.59. The number of aromatic nitrogens is 4. The molecule has 5 rings (SSSR count). The third kappa shape index (κ3) is 4.34. The van der Waals surface area contributed by atoms with Gasteiger partial charge in [-0.05, 0) is 55.3 Å². The van der Waals surface area contributed by atoms with Crippen molar-refractivity contribution in [1.29, 1.82) is 5.26 Å². The van der Waals surface area contributed by atoms with Crippen LogP contribution in [0.25, 0.3) is 22.2 Å². The maximum absolute atomic E-state index is 12.2. The van der Waals surface area contributed by atoms with Gasteiger partial charge >= 0.3 is 0 Å². The Morgan fingerprint density at radius 1 is 1.26 bits per heavy atom. The van der Waals surface area contributed by atoms with E-state index in [1.807, 2.05) is 35.0 Å². The average Bonchev–Trinajstić information content (AvgIpc) is 3.30. The molecule has 1 atom stereocenters. The summed E-state index contributed by atoms with van der Waals surface area (Å²) in [4.78, 5) is 22.3. The van der Waals surface area contributed by atoms with Gasteiger partial charge in [0.1, 0.15) is 17.5 Å². The summed E-state index contributed by atoms with van der Waals surface area (Å²) in [6.07, 6.45) is 8.02. The quantitative estimate of drug-likeness (QED) is 0.363. The van der Waals surface area contributed by atoms with Gasteiger partial charge in [-0.3, -0.25) is 14.5 Å². The van der Waals surface area contributed by atoms with Crippen LogP contribution in [0, 0.1) is 11.3 Å². The predicted octanol–water partition coefficient (Wildman–Crippen LogP) is 5.16. The maximum atomic E-state index is 12.2. The Labute approximate surface area is 207 Å². The number of ether oxygens (including phenoxy) is 1. The number of nitriles is 1. The number of carbonyl (C=O) groups excluding carboxylic acids is 1. The number of piperidine rings is 1. The van der Waals surface area contributed by atoms with Crippen LogP contribution in [-0.2, 0) is 4.79 Å². The lowest BCUT2D eigenvalue weighted by Gasteiger charge is -2.32. The molecule has 1 amide bonds. The van der Waals surface area contributed by atoms with Crippen LogP contribution in [-0.4, -0.2) is 43.6 Å². The van der Waals surface area contributed by atoms with Gasteiger partial charge in [0.2, 0.25) is 5.91 Å². The zero-order valence-electron chi connectivity index (χ0n) is 18.8. The summed E-state index contributed by atoms with van der Waals surface area (Å²) in [6, 6.07) is 12.9. The molecule has 1 saturated heterocycles. The van der Waals surface area contributed by atoms with Gasteiger partial charge in [0.25, 0.3) is 0 Å². The zero-order valence-corrected chi connectivity index (χ0v) is 19.5. The number of nitrogens with zero attached hydrogens (tertiary/aromatic N) is 6. The van der Waals surface area contributed by atoms with Crippen molar-refractivity contribution in [3.63, 3.8) is 0 Å². The molecule has 1 aliphatic rings. The Morgan fingerprint density at radius 2 is 2.09 bits per heavy atom. The van der Waals surface area contributed by atoms with E-state index in [-0.39, 0.29) is 17.6 Å². The van der Waals surface area contributed by atoms with E-state index in [0.717, 1.165) is 35.0 Å². The van der Waals surface area contributed by atoms with Gasteiger partial charge in [0.05, 0.1) is 16.6 Å². The van der Waals surface area contributed by atoms with E-state index in [1.54, 1.807) is 35.6 Å². The van der Waals surface area contributed by atoms with Crippen molar-refractivity contribution in [3.05, 3.63) is 78.4 Å². The molecule has 8 nitrogen and oxygen atoms in total. The summed E-state index contributed by atoms with van der Waals surface area (Å²) in [5.41, 5.74) is 2.63. The largest absolute Gasteiger partial charge is 0.454 e. The summed E-state index contributed by atoms with van der Waals surface area (Å²) in [6.45, 7) is 4.86. The van der Waals surface area contributed by atoms with Crippen molar-refractivity contribution in [2.24, 2.45) is 0 Å². The molecule has 4 heterocycles. The molecule has 1 aromatic carbocycles. The van der Waals surface area contributed by atoms with Crippen molar-refractivity contribution in [1.82, 2.24) is 24.6 Å². The fourth-order valence-corrected chi connectivity index (χ4v) is 4.62. The number of fused-ring (bicyclic) bond motifs is 1. The first-order chi connectivity index (χ1) is 17.1. The standard InChI is InChI=1S/C26H21ClN6O2/c1-2-24(34)32-12-4-5-18(16-32)33-26-20(14-29-15-21(26)27)25(31-33)17-7-9-19(10-8-17)35-23-6-3-11-30-22(23)13-28/h2-3,6-11,14-15,18H,1,4-5,12,16H2. The van der Waals surface area contributed by atoms with Gasteiger partial charge in [-0.1, -0.05) is 18.2 Å². The van der Waals surface area contributed by atoms with Gasteiger partial charge in [-0.15, -0.1) is 0 Å². The molecule has 35 heavy (non-hydrogen) atoms. The highest BCUT2D eigenvalue weighted by atomic mass is 35.5. The molecular formula is C26H21ClN6O2. The number of halogens is 1. The molecule has 0 spiro atoms. The predicted molar refractivity (Wildman–Crippen MR) is 132 cm³/mol. The minimum absolute atomic E-state index is 0.0126. The fraction of sp³-hybridized carbons (Fsp3) is 0.192. The van der Waals surface area contributed by atoms with Crippen LogP contribution >= 0.6 is 11.6 Å². The van der Waals surface area contributed by atoms with Crippen molar-refractivity contribution < 1.29 is 9.53 Å². The molecule has 4 aromatic rings. The molecule has 1 fully saturated rings. The van der Waals surface area contributed by atoms with E-state index in [2.05, 4.69) is 16.5 Å². The number of rotatable bonds is 5. The number of pyridine rings is 2. The van der Waals surface area contributed by atoms with Crippen LogP contribution in [0.1, 0.15) is 24.6 Å². The van der Waals surface area contributed by atoms with Crippen molar-refractivity contribution in [2.45, 2.75) is 18.9 Å². The Bertz CT molecular complexity index is 1460. The first-order valence-electron chi connectivity index (χ1n) is 11.2. The summed E-state index contributed by atoms with van der Waals surface area (Å²) in [5.74, 6) is 0.885. The number of benzene rings is 1. The third-order valence-corrected chi connectivity index (χ3v) is 6.30. The van der Waals surface area contributed by atoms with Crippen LogP contribution in [0.15, 0.2) is 67.6 Å². The molecule has 9 heteroatoms. The molecule has 0 bridgehead atoms. The van der Waals surface area contributed by atoms with Crippen molar-refractivity contribution in [2.75, 3.05) is 13.1 Å². The van der Waals surface area contributed by atoms with Gasteiger partial charge < -0.3 is 9.64 Å². The van der Waals surface area contributed by atoms with Crippen LogP contribution in [0.5, 0.6) is 11.5 Å². The molecule has 1 aliphatic heterocycles. The van der Waals surface area contributed by atoms with E-state index in [1.165, 1.54) is 6.08 Å². The lowest BCUT2D eigenvalue weighted by atomic mass is 10.1. The number of likely N-dealkylation sites (tertiary alicyclic amines) is 1. The summed E-state index contributed by atoms with van der Waals surface area (Å²) in [7, 11) is 0. The Balaban J connectivity index is 1.49. The minimum atomic E-state index is -0.0806. The van der Waals surface area contributed by atoms with Crippen LogP contribution < -0.4 is 4.74 Å². The summed E-state index contributed by atoms with van der Waals surface area (Å²) in [5, 5.41) is 15.5. The van der Waals surface area contributed by atoms with E-state index >= 15 is 0 Å². The third-order valence-electron chi connectivity index (χ3n) is 6.03. The number of amides is 1. The van der Waals surface area contributed by atoms with Gasteiger partial charge in [-0.25, -0.2) is 4.98 Å². The topological polar surface area (TPSA) is 96.9 Å². The van der Waals surface area contributed by atoms with E-state index in [4.69, 9.17) is 21.4 Å². The van der Waals surface area contributed by atoms with Crippen molar-refractivity contribution in [3.8, 4) is 28.8 Å². The van der Waals surface area contributed by atoms with Gasteiger partial charge in [0, 0.05) is 42.6 Å². The molecule has 174 valence electrons. The average molecular weight is 485 g/mol. The highest BCUT2D eigenvalue weighted by molar-refractivity contribution is 6.35. The number of carbonyl (C=O) groups is 1. The Hall–Kier alpha value is -4.22. The van der Waals surface area contributed by atoms with E-state index in [0.29, 0.717) is 29.6 Å². The lowest BCUT2D eigenvalue weighted by Crippen LogP contribution is -2.40. The van der Waals surface area contributed by atoms with E-state index in [9.17, 15) is 10.1 Å². The minimum Gasteiger partial charge on any atom is -0.454 e. The van der Waals surface area contributed by atoms with Crippen molar-refractivity contribution >= 4 is 28.4 Å². The molecule has 0 saturated carbocycles. The Kier molecular flexibility index (Phi) is 6.17. The van der Waals surface area contributed by atoms with Crippen LogP contribution in [0.3, 0.4) is 0 Å². The summed E-state index contributed by atoms with van der Waals surface area (Å²) < 4.78 is 7.78. The van der Waals surface area contributed by atoms with Crippen LogP contribution in [0.2, 0.25) is 5.02 Å².